The van der Waals surface area contributed by atoms with Gasteiger partial charge in [-0.05, 0) is 48.4 Å². The predicted octanol–water partition coefficient (Wildman–Crippen LogP) is 2.99. The minimum Gasteiger partial charge on any atom is -0.382 e. The maximum absolute atomic E-state index is 13.4. The molecule has 2 N–H and O–H groups in total. The third kappa shape index (κ3) is 3.25. The summed E-state index contributed by atoms with van der Waals surface area (Å²) in [5.74, 6) is -0.320. The Kier molecular flexibility index (Phi) is 4.51. The van der Waals surface area contributed by atoms with Crippen LogP contribution in [0.5, 0.6) is 0 Å². The maximum atomic E-state index is 13.4. The Hall–Kier alpha value is -3.01. The minimum atomic E-state index is -3.76. The highest BCUT2D eigenvalue weighted by Gasteiger charge is 2.44. The van der Waals surface area contributed by atoms with Crippen LogP contribution < -0.4 is 0 Å². The first-order valence-electron chi connectivity index (χ1n) is 9.86. The number of fused-ring (bicyclic) bond motifs is 1. The topological polar surface area (TPSA) is 91.2 Å². The lowest BCUT2D eigenvalue weighted by molar-refractivity contribution is 0.0446. The molecule has 1 atom stereocenters. The number of halogens is 1. The molecule has 9 heteroatoms. The van der Waals surface area contributed by atoms with Gasteiger partial charge < -0.3 is 10.1 Å². The van der Waals surface area contributed by atoms with Crippen molar-refractivity contribution >= 4 is 20.9 Å². The SMILES string of the molecule is Cn1nccc1C1(O)CCN(S(=O)(=O)c2ccc(-c3c[nH]c4cc(F)ccc34)cc2)C1. The second kappa shape index (κ2) is 7.01. The summed E-state index contributed by atoms with van der Waals surface area (Å²) in [4.78, 5) is 3.21. The van der Waals surface area contributed by atoms with Crippen LogP contribution in [0.25, 0.3) is 22.0 Å². The number of benzene rings is 2. The highest BCUT2D eigenvalue weighted by molar-refractivity contribution is 7.89. The Morgan fingerprint density at radius 2 is 1.94 bits per heavy atom. The van der Waals surface area contributed by atoms with E-state index in [1.54, 1.807) is 60.5 Å². The highest BCUT2D eigenvalue weighted by atomic mass is 32.2. The van der Waals surface area contributed by atoms with E-state index >= 15 is 0 Å². The van der Waals surface area contributed by atoms with Crippen molar-refractivity contribution in [3.63, 3.8) is 0 Å². The van der Waals surface area contributed by atoms with Crippen molar-refractivity contribution in [1.82, 2.24) is 19.1 Å². The predicted molar refractivity (Wildman–Crippen MR) is 114 cm³/mol. The van der Waals surface area contributed by atoms with Gasteiger partial charge in [0, 0.05) is 49.0 Å². The first kappa shape index (κ1) is 19.9. The second-order valence-corrected chi connectivity index (χ2v) is 9.81. The van der Waals surface area contributed by atoms with E-state index in [0.717, 1.165) is 16.5 Å². The highest BCUT2D eigenvalue weighted by Crippen LogP contribution is 2.35. The fourth-order valence-electron chi connectivity index (χ4n) is 4.30. The monoisotopic (exact) mass is 440 g/mol. The summed E-state index contributed by atoms with van der Waals surface area (Å²) in [6.07, 6.45) is 3.67. The van der Waals surface area contributed by atoms with Gasteiger partial charge in [0.1, 0.15) is 11.4 Å². The molecule has 1 aliphatic heterocycles. The Morgan fingerprint density at radius 1 is 1.16 bits per heavy atom. The summed E-state index contributed by atoms with van der Waals surface area (Å²) in [7, 11) is -2.04. The fraction of sp³-hybridized carbons (Fsp3) is 0.227. The van der Waals surface area contributed by atoms with Gasteiger partial charge in [-0.2, -0.15) is 9.40 Å². The molecule has 1 unspecified atom stereocenters. The Balaban J connectivity index is 1.42. The average molecular weight is 441 g/mol. The molecule has 0 aliphatic carbocycles. The molecule has 1 fully saturated rings. The van der Waals surface area contributed by atoms with E-state index in [1.807, 2.05) is 0 Å². The molecule has 1 aliphatic rings. The van der Waals surface area contributed by atoms with Crippen LogP contribution in [0, 0.1) is 5.82 Å². The lowest BCUT2D eigenvalue weighted by Crippen LogP contribution is -2.35. The van der Waals surface area contributed by atoms with E-state index in [2.05, 4.69) is 10.1 Å². The van der Waals surface area contributed by atoms with Gasteiger partial charge in [-0.25, -0.2) is 12.8 Å². The van der Waals surface area contributed by atoms with E-state index in [-0.39, 0.29) is 23.8 Å². The summed E-state index contributed by atoms with van der Waals surface area (Å²) in [5, 5.41) is 15.9. The number of H-pyrrole nitrogens is 1. The van der Waals surface area contributed by atoms with Gasteiger partial charge in [-0.1, -0.05) is 12.1 Å². The normalized spacial score (nSPS) is 20.0. The first-order chi connectivity index (χ1) is 14.8. The summed E-state index contributed by atoms with van der Waals surface area (Å²) in [6, 6.07) is 12.8. The van der Waals surface area contributed by atoms with Gasteiger partial charge in [0.2, 0.25) is 10.0 Å². The molecule has 0 saturated carbocycles. The number of hydrogen-bond donors (Lipinski definition) is 2. The molecular weight excluding hydrogens is 419 g/mol. The standard InChI is InChI=1S/C22H21FN4O3S/c1-26-21(8-10-25-26)22(28)9-11-27(14-22)31(29,30)17-5-2-15(3-6-17)19-13-24-20-12-16(23)4-7-18(19)20/h2-8,10,12-13,24,28H,9,11,14H2,1H3. The molecule has 31 heavy (non-hydrogen) atoms. The molecule has 4 aromatic rings. The summed E-state index contributed by atoms with van der Waals surface area (Å²) in [5.41, 5.74) is 1.70. The van der Waals surface area contributed by atoms with Gasteiger partial charge in [0.25, 0.3) is 0 Å². The van der Waals surface area contributed by atoms with Crippen molar-refractivity contribution in [2.24, 2.45) is 7.05 Å². The maximum Gasteiger partial charge on any atom is 0.243 e. The van der Waals surface area contributed by atoms with Crippen LogP contribution in [-0.4, -0.2) is 45.7 Å². The first-order valence-corrected chi connectivity index (χ1v) is 11.3. The van der Waals surface area contributed by atoms with Crippen molar-refractivity contribution in [2.45, 2.75) is 16.9 Å². The summed E-state index contributed by atoms with van der Waals surface area (Å²) < 4.78 is 42.6. The molecule has 0 radical (unpaired) electrons. The van der Waals surface area contributed by atoms with E-state index in [1.165, 1.54) is 16.4 Å². The minimum absolute atomic E-state index is 0.0232. The van der Waals surface area contributed by atoms with E-state index in [0.29, 0.717) is 17.6 Å². The van der Waals surface area contributed by atoms with Gasteiger partial charge in [-0.3, -0.25) is 4.68 Å². The number of nitrogens with one attached hydrogen (secondary N) is 1. The van der Waals surface area contributed by atoms with Crippen molar-refractivity contribution in [3.05, 3.63) is 72.4 Å². The summed E-state index contributed by atoms with van der Waals surface area (Å²) >= 11 is 0. The number of nitrogens with zero attached hydrogens (tertiary/aromatic N) is 3. The molecular formula is C22H21FN4O3S. The molecule has 7 nitrogen and oxygen atoms in total. The lowest BCUT2D eigenvalue weighted by Gasteiger charge is -2.23. The third-order valence-corrected chi connectivity index (χ3v) is 7.82. The van der Waals surface area contributed by atoms with Gasteiger partial charge in [-0.15, -0.1) is 0 Å². The molecule has 2 aromatic heterocycles. The zero-order chi connectivity index (χ0) is 21.8. The van der Waals surface area contributed by atoms with Crippen molar-refractivity contribution in [3.8, 4) is 11.1 Å². The van der Waals surface area contributed by atoms with Crippen molar-refractivity contribution in [1.29, 1.82) is 0 Å². The molecule has 5 rings (SSSR count). The van der Waals surface area contributed by atoms with Crippen LogP contribution in [0.2, 0.25) is 0 Å². The molecule has 1 saturated heterocycles. The number of aromatic amines is 1. The average Bonchev–Trinajstić information content (AvgIpc) is 3.47. The van der Waals surface area contributed by atoms with Crippen molar-refractivity contribution < 1.29 is 17.9 Å². The van der Waals surface area contributed by atoms with Crippen LogP contribution in [0.1, 0.15) is 12.1 Å². The smallest absolute Gasteiger partial charge is 0.243 e. The Morgan fingerprint density at radius 3 is 2.65 bits per heavy atom. The zero-order valence-electron chi connectivity index (χ0n) is 16.8. The molecule has 0 amide bonds. The van der Waals surface area contributed by atoms with E-state index < -0.39 is 15.6 Å². The molecule has 3 heterocycles. The molecule has 0 bridgehead atoms. The number of hydrogen-bond acceptors (Lipinski definition) is 4. The van der Waals surface area contributed by atoms with Gasteiger partial charge in [0.05, 0.1) is 10.6 Å². The zero-order valence-corrected chi connectivity index (χ0v) is 17.6. The summed E-state index contributed by atoms with van der Waals surface area (Å²) in [6.45, 7) is 0.199. The van der Waals surface area contributed by atoms with E-state index in [9.17, 15) is 17.9 Å². The van der Waals surface area contributed by atoms with Crippen molar-refractivity contribution in [2.75, 3.05) is 13.1 Å². The largest absolute Gasteiger partial charge is 0.382 e. The van der Waals surface area contributed by atoms with Crippen LogP contribution in [0.15, 0.2) is 65.8 Å². The number of rotatable bonds is 4. The third-order valence-electron chi connectivity index (χ3n) is 5.96. The number of aromatic nitrogens is 3. The molecule has 0 spiro atoms. The number of sulfonamides is 1. The number of β-amino-alcohol motifs (C(OH)–C–C–N with tert-alkyl or cyclic N) is 1. The Bertz CT molecular complexity index is 1380. The quantitative estimate of drug-likeness (QED) is 0.510. The number of aliphatic hydroxyl groups is 1. The van der Waals surface area contributed by atoms with Gasteiger partial charge in [0.15, 0.2) is 0 Å². The van der Waals surface area contributed by atoms with Crippen LogP contribution in [0.4, 0.5) is 4.39 Å². The number of aryl methyl sites for hydroxylation is 1. The van der Waals surface area contributed by atoms with Crippen LogP contribution in [-0.2, 0) is 22.7 Å². The van der Waals surface area contributed by atoms with E-state index in [4.69, 9.17) is 0 Å². The fourth-order valence-corrected chi connectivity index (χ4v) is 5.79. The Labute approximate surface area is 178 Å². The van der Waals surface area contributed by atoms with Crippen LogP contribution in [0.3, 0.4) is 0 Å². The second-order valence-electron chi connectivity index (χ2n) is 7.88. The molecule has 160 valence electrons. The lowest BCUT2D eigenvalue weighted by atomic mass is 9.99. The van der Waals surface area contributed by atoms with Crippen LogP contribution >= 0.6 is 0 Å². The van der Waals surface area contributed by atoms with Gasteiger partial charge >= 0.3 is 0 Å². The molecule has 2 aromatic carbocycles.